The molecule has 1 amide bonds. The average Bonchev–Trinajstić information content (AvgIpc) is 3.08. The molecule has 2 heterocycles. The molecule has 0 saturated carbocycles. The number of methoxy groups -OCH3 is 1. The third-order valence-corrected chi connectivity index (χ3v) is 6.57. The first-order valence-electron chi connectivity index (χ1n) is 10.3. The van der Waals surface area contributed by atoms with E-state index >= 15 is 0 Å². The lowest BCUT2D eigenvalue weighted by molar-refractivity contribution is 0.0714. The van der Waals surface area contributed by atoms with E-state index in [4.69, 9.17) is 32.4 Å². The van der Waals surface area contributed by atoms with Crippen molar-refractivity contribution in [2.24, 2.45) is 0 Å². The molecular weight excluding hydrogens is 461 g/mol. The number of aryl methyl sites for hydroxylation is 1. The van der Waals surface area contributed by atoms with Gasteiger partial charge in [0.05, 0.1) is 24.1 Å². The molecule has 0 radical (unpaired) electrons. The van der Waals surface area contributed by atoms with Crippen molar-refractivity contribution in [1.82, 2.24) is 4.90 Å². The highest BCUT2D eigenvalue weighted by molar-refractivity contribution is 6.32. The van der Waals surface area contributed by atoms with E-state index in [2.05, 4.69) is 0 Å². The van der Waals surface area contributed by atoms with Gasteiger partial charge in [0.2, 0.25) is 5.76 Å². The molecule has 0 bridgehead atoms. The van der Waals surface area contributed by atoms with Gasteiger partial charge in [0.1, 0.15) is 11.3 Å². The van der Waals surface area contributed by atoms with Crippen LogP contribution in [0.15, 0.2) is 69.9 Å². The lowest BCUT2D eigenvalue weighted by Crippen LogP contribution is -2.29. The number of rotatable bonds is 4. The summed E-state index contributed by atoms with van der Waals surface area (Å²) in [6.07, 6.45) is 0. The van der Waals surface area contributed by atoms with Crippen LogP contribution in [0.3, 0.4) is 0 Å². The van der Waals surface area contributed by atoms with Crippen LogP contribution >= 0.6 is 23.2 Å². The van der Waals surface area contributed by atoms with Gasteiger partial charge in [-0.3, -0.25) is 9.59 Å². The molecule has 0 spiro atoms. The van der Waals surface area contributed by atoms with Crippen LogP contribution in [0.25, 0.3) is 11.0 Å². The van der Waals surface area contributed by atoms with Gasteiger partial charge in [-0.05, 0) is 60.0 Å². The average molecular weight is 480 g/mol. The summed E-state index contributed by atoms with van der Waals surface area (Å²) >= 11 is 12.6. The van der Waals surface area contributed by atoms with Crippen molar-refractivity contribution in [2.45, 2.75) is 19.5 Å². The Labute approximate surface area is 200 Å². The first-order chi connectivity index (χ1) is 15.9. The van der Waals surface area contributed by atoms with E-state index in [0.717, 1.165) is 22.4 Å². The summed E-state index contributed by atoms with van der Waals surface area (Å²) in [5.74, 6) is 0.418. The van der Waals surface area contributed by atoms with Gasteiger partial charge in [-0.15, -0.1) is 0 Å². The fourth-order valence-corrected chi connectivity index (χ4v) is 4.62. The number of nitrogens with zero attached hydrogens (tertiary/aromatic N) is 1. The molecule has 1 aliphatic heterocycles. The highest BCUT2D eigenvalue weighted by atomic mass is 35.5. The maximum Gasteiger partial charge on any atom is 0.291 e. The van der Waals surface area contributed by atoms with Crippen LogP contribution in [0.5, 0.6) is 5.75 Å². The lowest BCUT2D eigenvalue weighted by Gasteiger charge is -2.25. The minimum atomic E-state index is -0.644. The number of carbonyl (C=O) groups excluding carboxylic acids is 1. The molecule has 1 unspecified atom stereocenters. The Bertz CT molecular complexity index is 1460. The smallest absolute Gasteiger partial charge is 0.291 e. The Hall–Kier alpha value is -3.28. The van der Waals surface area contributed by atoms with Gasteiger partial charge < -0.3 is 14.1 Å². The fourth-order valence-electron chi connectivity index (χ4n) is 4.25. The third-order valence-electron chi connectivity index (χ3n) is 5.92. The zero-order valence-electron chi connectivity index (χ0n) is 17.9. The summed E-state index contributed by atoms with van der Waals surface area (Å²) in [5.41, 5.74) is 2.74. The molecule has 0 saturated heterocycles. The number of hydrogen-bond donors (Lipinski definition) is 0. The van der Waals surface area contributed by atoms with E-state index in [1.54, 1.807) is 42.3 Å². The minimum Gasteiger partial charge on any atom is -0.497 e. The fraction of sp³-hybridized carbons (Fsp3) is 0.154. The first-order valence-corrected chi connectivity index (χ1v) is 11.1. The van der Waals surface area contributed by atoms with Gasteiger partial charge in [-0.1, -0.05) is 47.5 Å². The summed E-state index contributed by atoms with van der Waals surface area (Å²) in [4.78, 5) is 28.8. The third kappa shape index (κ3) is 3.67. The topological polar surface area (TPSA) is 59.8 Å². The summed E-state index contributed by atoms with van der Waals surface area (Å²) < 4.78 is 11.2. The Morgan fingerprint density at radius 2 is 1.79 bits per heavy atom. The SMILES string of the molecule is COc1ccc(CN2C(=O)c3oc4cc(C)c(Cl)cc4c(=O)c3C2c2cccc(Cl)c2)cc1. The maximum atomic E-state index is 13.6. The minimum absolute atomic E-state index is 0.0488. The number of halogens is 2. The predicted octanol–water partition coefficient (Wildman–Crippen LogP) is 6.16. The van der Waals surface area contributed by atoms with Crippen molar-refractivity contribution in [3.05, 3.63) is 109 Å². The Morgan fingerprint density at radius 1 is 1.03 bits per heavy atom. The van der Waals surface area contributed by atoms with Gasteiger partial charge in [-0.2, -0.15) is 0 Å². The molecule has 7 heteroatoms. The molecule has 0 fully saturated rings. The molecule has 1 aliphatic rings. The Morgan fingerprint density at radius 3 is 2.48 bits per heavy atom. The van der Waals surface area contributed by atoms with Gasteiger partial charge in [0, 0.05) is 16.6 Å². The Balaban J connectivity index is 1.71. The largest absolute Gasteiger partial charge is 0.497 e. The van der Waals surface area contributed by atoms with E-state index in [1.165, 1.54) is 0 Å². The van der Waals surface area contributed by atoms with Crippen LogP contribution in [-0.2, 0) is 6.54 Å². The second-order valence-electron chi connectivity index (χ2n) is 8.01. The molecule has 1 atom stereocenters. The lowest BCUT2D eigenvalue weighted by atomic mass is 9.98. The molecule has 5 rings (SSSR count). The monoisotopic (exact) mass is 479 g/mol. The number of benzene rings is 3. The zero-order chi connectivity index (χ0) is 23.3. The predicted molar refractivity (Wildman–Crippen MR) is 128 cm³/mol. The number of ether oxygens (including phenoxy) is 1. The molecule has 3 aromatic carbocycles. The van der Waals surface area contributed by atoms with Crippen molar-refractivity contribution in [3.63, 3.8) is 0 Å². The number of hydrogen-bond acceptors (Lipinski definition) is 4. The maximum absolute atomic E-state index is 13.6. The second-order valence-corrected chi connectivity index (χ2v) is 8.85. The van der Waals surface area contributed by atoms with Gasteiger partial charge in [0.15, 0.2) is 5.43 Å². The number of fused-ring (bicyclic) bond motifs is 2. The summed E-state index contributed by atoms with van der Waals surface area (Å²) in [6.45, 7) is 2.10. The van der Waals surface area contributed by atoms with Gasteiger partial charge in [-0.25, -0.2) is 0 Å². The molecule has 4 aromatic rings. The zero-order valence-corrected chi connectivity index (χ0v) is 19.4. The van der Waals surface area contributed by atoms with Crippen LogP contribution in [0.4, 0.5) is 0 Å². The summed E-state index contributed by atoms with van der Waals surface area (Å²) in [6, 6.07) is 17.3. The highest BCUT2D eigenvalue weighted by Gasteiger charge is 2.42. The van der Waals surface area contributed by atoms with Gasteiger partial charge >= 0.3 is 0 Å². The Kier molecular flexibility index (Phi) is 5.39. The van der Waals surface area contributed by atoms with E-state index in [9.17, 15) is 9.59 Å². The van der Waals surface area contributed by atoms with E-state index in [1.807, 2.05) is 37.3 Å². The van der Waals surface area contributed by atoms with Crippen molar-refractivity contribution in [3.8, 4) is 5.75 Å². The molecule has 0 aliphatic carbocycles. The van der Waals surface area contributed by atoms with Crippen LogP contribution in [0.1, 0.15) is 38.9 Å². The molecule has 0 N–H and O–H groups in total. The van der Waals surface area contributed by atoms with Crippen molar-refractivity contribution in [1.29, 1.82) is 0 Å². The molecule has 5 nitrogen and oxygen atoms in total. The number of amides is 1. The van der Waals surface area contributed by atoms with Crippen LogP contribution in [0, 0.1) is 6.92 Å². The summed E-state index contributed by atoms with van der Waals surface area (Å²) in [7, 11) is 1.60. The molecule has 33 heavy (non-hydrogen) atoms. The highest BCUT2D eigenvalue weighted by Crippen LogP contribution is 2.40. The van der Waals surface area contributed by atoms with Gasteiger partial charge in [0.25, 0.3) is 5.91 Å². The van der Waals surface area contributed by atoms with Crippen LogP contribution in [-0.4, -0.2) is 17.9 Å². The van der Waals surface area contributed by atoms with Crippen molar-refractivity contribution >= 4 is 40.1 Å². The van der Waals surface area contributed by atoms with Crippen molar-refractivity contribution in [2.75, 3.05) is 7.11 Å². The number of carbonyl (C=O) groups is 1. The van der Waals surface area contributed by atoms with Crippen LogP contribution in [0.2, 0.25) is 10.0 Å². The van der Waals surface area contributed by atoms with E-state index < -0.39 is 6.04 Å². The quantitative estimate of drug-likeness (QED) is 0.351. The van der Waals surface area contributed by atoms with E-state index in [0.29, 0.717) is 26.6 Å². The summed E-state index contributed by atoms with van der Waals surface area (Å²) in [5, 5.41) is 1.32. The van der Waals surface area contributed by atoms with Crippen molar-refractivity contribution < 1.29 is 13.9 Å². The second kappa shape index (κ2) is 8.25. The first kappa shape index (κ1) is 21.6. The normalized spacial score (nSPS) is 15.2. The molecule has 166 valence electrons. The molecular formula is C26H19Cl2NO4. The standard InChI is InChI=1S/C26H19Cl2NO4/c1-14-10-21-19(12-20(14)28)24(30)22-23(16-4-3-5-17(27)11-16)29(26(31)25(22)33-21)13-15-6-8-18(32-2)9-7-15/h3-12,23H,13H2,1-2H3. The van der Waals surface area contributed by atoms with E-state index in [-0.39, 0.29) is 23.6 Å². The van der Waals surface area contributed by atoms with Crippen LogP contribution < -0.4 is 10.2 Å². The molecule has 1 aromatic heterocycles.